The fourth-order valence-corrected chi connectivity index (χ4v) is 3.53. The van der Waals surface area contributed by atoms with Gasteiger partial charge in [0.25, 0.3) is 0 Å². The number of benzene rings is 3. The Morgan fingerprint density at radius 3 is 2.58 bits per heavy atom. The molecule has 0 spiro atoms. The van der Waals surface area contributed by atoms with E-state index in [0.717, 1.165) is 27.7 Å². The van der Waals surface area contributed by atoms with Crippen LogP contribution in [0.2, 0.25) is 0 Å². The van der Waals surface area contributed by atoms with Crippen molar-refractivity contribution in [1.29, 1.82) is 0 Å². The summed E-state index contributed by atoms with van der Waals surface area (Å²) >= 11 is 0. The molecule has 0 unspecified atom stereocenters. The smallest absolute Gasteiger partial charge is 0.237 e. The van der Waals surface area contributed by atoms with E-state index in [2.05, 4.69) is 16.3 Å². The van der Waals surface area contributed by atoms with E-state index in [1.54, 1.807) is 7.11 Å². The van der Waals surface area contributed by atoms with Crippen molar-refractivity contribution in [3.63, 3.8) is 0 Å². The van der Waals surface area contributed by atoms with Crippen LogP contribution >= 0.6 is 0 Å². The van der Waals surface area contributed by atoms with Crippen molar-refractivity contribution in [2.24, 2.45) is 0 Å². The van der Waals surface area contributed by atoms with Crippen molar-refractivity contribution in [3.05, 3.63) is 90.6 Å². The molecule has 0 amide bonds. The highest BCUT2D eigenvalue weighted by molar-refractivity contribution is 5.93. The molecule has 0 aliphatic carbocycles. The van der Waals surface area contributed by atoms with E-state index >= 15 is 0 Å². The summed E-state index contributed by atoms with van der Waals surface area (Å²) in [6, 6.07) is 24.0. The predicted octanol–water partition coefficient (Wildman–Crippen LogP) is 4.72. The number of aromatic nitrogens is 4. The standard InChI is InChI=1S/C24H20N4O3/c1-29-21-12-11-18(13-22(21)30-15-17-7-3-2-4-8-17)24-19-9-5-6-10-20(19)28(27-24)14-23-26-25-16-31-23/h2-13,16H,14-15H2,1H3. The van der Waals surface area contributed by atoms with Gasteiger partial charge in [-0.15, -0.1) is 10.2 Å². The topological polar surface area (TPSA) is 75.2 Å². The lowest BCUT2D eigenvalue weighted by Gasteiger charge is -2.12. The van der Waals surface area contributed by atoms with Crippen molar-refractivity contribution in [2.45, 2.75) is 13.2 Å². The lowest BCUT2D eigenvalue weighted by molar-refractivity contribution is 0.284. The molecule has 0 atom stereocenters. The Morgan fingerprint density at radius 2 is 1.77 bits per heavy atom. The number of ether oxygens (including phenoxy) is 2. The zero-order valence-corrected chi connectivity index (χ0v) is 16.9. The van der Waals surface area contributed by atoms with Crippen LogP contribution < -0.4 is 9.47 Å². The molecule has 0 saturated heterocycles. The Balaban J connectivity index is 1.52. The minimum Gasteiger partial charge on any atom is -0.493 e. The van der Waals surface area contributed by atoms with Crippen molar-refractivity contribution >= 4 is 10.9 Å². The molecule has 154 valence electrons. The Hall–Kier alpha value is -4.13. The van der Waals surface area contributed by atoms with Crippen LogP contribution in [0.3, 0.4) is 0 Å². The van der Waals surface area contributed by atoms with E-state index in [1.165, 1.54) is 6.39 Å². The summed E-state index contributed by atoms with van der Waals surface area (Å²) in [5.74, 6) is 1.84. The van der Waals surface area contributed by atoms with Gasteiger partial charge in [-0.3, -0.25) is 4.68 Å². The number of rotatable bonds is 7. The first-order valence-electron chi connectivity index (χ1n) is 9.87. The number of methoxy groups -OCH3 is 1. The van der Waals surface area contributed by atoms with Gasteiger partial charge >= 0.3 is 0 Å². The van der Waals surface area contributed by atoms with Crippen LogP contribution in [0.5, 0.6) is 11.5 Å². The SMILES string of the molecule is COc1ccc(-c2nn(Cc3nnco3)c3ccccc23)cc1OCc1ccccc1. The maximum atomic E-state index is 6.09. The summed E-state index contributed by atoms with van der Waals surface area (Å²) in [6.07, 6.45) is 1.32. The van der Waals surface area contributed by atoms with Gasteiger partial charge in [-0.25, -0.2) is 0 Å². The quantitative estimate of drug-likeness (QED) is 0.385. The van der Waals surface area contributed by atoms with E-state index in [-0.39, 0.29) is 0 Å². The molecule has 7 heteroatoms. The Labute approximate surface area is 178 Å². The van der Waals surface area contributed by atoms with Crippen LogP contribution in [0.15, 0.2) is 83.6 Å². The lowest BCUT2D eigenvalue weighted by Crippen LogP contribution is -2.02. The van der Waals surface area contributed by atoms with Crippen LogP contribution in [0.25, 0.3) is 22.2 Å². The van der Waals surface area contributed by atoms with Crippen LogP contribution in [-0.2, 0) is 13.2 Å². The summed E-state index contributed by atoms with van der Waals surface area (Å²) in [7, 11) is 1.64. The zero-order valence-electron chi connectivity index (χ0n) is 16.9. The van der Waals surface area contributed by atoms with Gasteiger partial charge < -0.3 is 13.9 Å². The molecular formula is C24H20N4O3. The van der Waals surface area contributed by atoms with E-state index < -0.39 is 0 Å². The van der Waals surface area contributed by atoms with Gasteiger partial charge in [0.1, 0.15) is 18.8 Å². The highest BCUT2D eigenvalue weighted by Crippen LogP contribution is 2.35. The molecule has 5 rings (SSSR count). The first-order valence-corrected chi connectivity index (χ1v) is 9.87. The molecule has 5 aromatic rings. The maximum Gasteiger partial charge on any atom is 0.237 e. The Morgan fingerprint density at radius 1 is 0.935 bits per heavy atom. The maximum absolute atomic E-state index is 6.09. The molecule has 0 fully saturated rings. The second-order valence-electron chi connectivity index (χ2n) is 7.00. The second-order valence-corrected chi connectivity index (χ2v) is 7.00. The summed E-state index contributed by atoms with van der Waals surface area (Å²) in [4.78, 5) is 0. The molecule has 0 aliphatic heterocycles. The number of fused-ring (bicyclic) bond motifs is 1. The molecule has 31 heavy (non-hydrogen) atoms. The average molecular weight is 412 g/mol. The third kappa shape index (κ3) is 3.85. The number of hydrogen-bond donors (Lipinski definition) is 0. The molecule has 0 aliphatic rings. The molecule has 3 aromatic carbocycles. The van der Waals surface area contributed by atoms with Crippen molar-refractivity contribution in [2.75, 3.05) is 7.11 Å². The molecule has 0 saturated carbocycles. The Bertz CT molecular complexity index is 1300. The molecular weight excluding hydrogens is 392 g/mol. The van der Waals surface area contributed by atoms with E-state index in [9.17, 15) is 0 Å². The summed E-state index contributed by atoms with van der Waals surface area (Å²) < 4.78 is 18.8. The first kappa shape index (κ1) is 18.9. The normalized spacial score (nSPS) is 11.0. The number of hydrogen-bond acceptors (Lipinski definition) is 6. The lowest BCUT2D eigenvalue weighted by atomic mass is 10.1. The van der Waals surface area contributed by atoms with E-state index in [1.807, 2.05) is 71.4 Å². The largest absolute Gasteiger partial charge is 0.493 e. The fraction of sp³-hybridized carbons (Fsp3) is 0.125. The van der Waals surface area contributed by atoms with Gasteiger partial charge in [0, 0.05) is 10.9 Å². The van der Waals surface area contributed by atoms with Crippen molar-refractivity contribution in [1.82, 2.24) is 20.0 Å². The van der Waals surface area contributed by atoms with Gasteiger partial charge in [0.15, 0.2) is 11.5 Å². The predicted molar refractivity (Wildman–Crippen MR) is 116 cm³/mol. The third-order valence-corrected chi connectivity index (χ3v) is 5.02. The zero-order chi connectivity index (χ0) is 21.0. The minimum absolute atomic E-state index is 0.397. The van der Waals surface area contributed by atoms with E-state index in [4.69, 9.17) is 19.0 Å². The third-order valence-electron chi connectivity index (χ3n) is 5.02. The summed E-state index contributed by atoms with van der Waals surface area (Å²) in [6.45, 7) is 0.848. The number of para-hydroxylation sites is 1. The Kier molecular flexibility index (Phi) is 5.06. The monoisotopic (exact) mass is 412 g/mol. The summed E-state index contributed by atoms with van der Waals surface area (Å²) in [5, 5.41) is 13.6. The van der Waals surface area contributed by atoms with Crippen LogP contribution in [0.4, 0.5) is 0 Å². The molecule has 0 N–H and O–H groups in total. The van der Waals surface area contributed by atoms with Gasteiger partial charge in [0.2, 0.25) is 12.3 Å². The number of nitrogens with zero attached hydrogens (tertiary/aromatic N) is 4. The molecule has 7 nitrogen and oxygen atoms in total. The molecule has 0 bridgehead atoms. The highest BCUT2D eigenvalue weighted by Gasteiger charge is 2.16. The van der Waals surface area contributed by atoms with Gasteiger partial charge in [-0.2, -0.15) is 5.10 Å². The highest BCUT2D eigenvalue weighted by atomic mass is 16.5. The van der Waals surface area contributed by atoms with Crippen LogP contribution in [0.1, 0.15) is 11.5 Å². The molecule has 0 radical (unpaired) electrons. The second kappa shape index (κ2) is 8.31. The van der Waals surface area contributed by atoms with E-state index in [0.29, 0.717) is 30.5 Å². The molecule has 2 heterocycles. The summed E-state index contributed by atoms with van der Waals surface area (Å²) in [5.41, 5.74) is 3.86. The fourth-order valence-electron chi connectivity index (χ4n) is 3.53. The van der Waals surface area contributed by atoms with Crippen LogP contribution in [-0.4, -0.2) is 27.1 Å². The van der Waals surface area contributed by atoms with Crippen molar-refractivity contribution < 1.29 is 13.9 Å². The first-order chi connectivity index (χ1) is 15.3. The van der Waals surface area contributed by atoms with Crippen molar-refractivity contribution in [3.8, 4) is 22.8 Å². The van der Waals surface area contributed by atoms with Crippen LogP contribution in [0, 0.1) is 0 Å². The average Bonchev–Trinajstić information content (AvgIpc) is 3.47. The van der Waals surface area contributed by atoms with Gasteiger partial charge in [-0.05, 0) is 29.8 Å². The minimum atomic E-state index is 0.397. The van der Waals surface area contributed by atoms with Gasteiger partial charge in [0.05, 0.1) is 12.6 Å². The van der Waals surface area contributed by atoms with Gasteiger partial charge in [-0.1, -0.05) is 48.5 Å². The molecule has 2 aromatic heterocycles.